The summed E-state index contributed by atoms with van der Waals surface area (Å²) in [6.07, 6.45) is 0. The zero-order valence-electron chi connectivity index (χ0n) is 27.5. The fourth-order valence-electron chi connectivity index (χ4n) is 7.16. The molecular weight excluding hydrogens is 639 g/mol. The summed E-state index contributed by atoms with van der Waals surface area (Å²) in [7, 11) is 0. The first-order chi connectivity index (χ1) is 25.2. The molecule has 0 N–H and O–H groups in total. The molecule has 0 aliphatic rings. The molecule has 10 aromatic rings. The number of nitrogens with zero attached hydrogens (tertiary/aromatic N) is 3. The molecule has 8 aromatic carbocycles. The zero-order chi connectivity index (χ0) is 33.7. The highest BCUT2D eigenvalue weighted by Gasteiger charge is 2.17. The van der Waals surface area contributed by atoms with E-state index < -0.39 is 0 Å². The quantitative estimate of drug-likeness (QED) is 0.183. The fourth-order valence-corrected chi connectivity index (χ4v) is 8.37. The minimum atomic E-state index is 0.647. The minimum absolute atomic E-state index is 0.647. The standard InChI is InChI=1S/C47H29N3S/c1-2-12-34-28-35(27-24-30(34)10-1)31-22-25-33(26-23-31)45-48-46(37-15-7-14-36(29-37)39-18-8-13-32-11-3-4-16-38(32)39)50-47(49-45)42-20-9-19-41-40-17-5-6-21-43(40)51-44(41)42/h1-29H. The molecule has 0 aliphatic carbocycles. The van der Waals surface area contributed by atoms with E-state index >= 15 is 0 Å². The molecule has 3 nitrogen and oxygen atoms in total. The van der Waals surface area contributed by atoms with Gasteiger partial charge < -0.3 is 0 Å². The summed E-state index contributed by atoms with van der Waals surface area (Å²) in [5.41, 5.74) is 7.54. The van der Waals surface area contributed by atoms with Crippen molar-refractivity contribution < 1.29 is 0 Å². The number of benzene rings is 8. The first-order valence-electron chi connectivity index (χ1n) is 17.1. The van der Waals surface area contributed by atoms with Crippen LogP contribution in [0.25, 0.3) is 98.1 Å². The van der Waals surface area contributed by atoms with Gasteiger partial charge in [-0.2, -0.15) is 0 Å². The van der Waals surface area contributed by atoms with Gasteiger partial charge in [-0.25, -0.2) is 15.0 Å². The van der Waals surface area contributed by atoms with E-state index in [1.165, 1.54) is 52.8 Å². The predicted octanol–water partition coefficient (Wildman–Crippen LogP) is 12.9. The Morgan fingerprint density at radius 2 is 0.902 bits per heavy atom. The normalized spacial score (nSPS) is 11.5. The third kappa shape index (κ3) is 5.25. The van der Waals surface area contributed by atoms with Crippen molar-refractivity contribution in [2.45, 2.75) is 0 Å². The predicted molar refractivity (Wildman–Crippen MR) is 215 cm³/mol. The Kier molecular flexibility index (Phi) is 7.00. The van der Waals surface area contributed by atoms with Crippen LogP contribution in [0, 0.1) is 0 Å². The van der Waals surface area contributed by atoms with E-state index in [2.05, 4.69) is 176 Å². The van der Waals surface area contributed by atoms with Crippen LogP contribution in [0.5, 0.6) is 0 Å². The number of aromatic nitrogens is 3. The van der Waals surface area contributed by atoms with Crippen LogP contribution >= 0.6 is 11.3 Å². The van der Waals surface area contributed by atoms with Crippen LogP contribution in [0.3, 0.4) is 0 Å². The lowest BCUT2D eigenvalue weighted by Crippen LogP contribution is -2.00. The van der Waals surface area contributed by atoms with E-state index in [-0.39, 0.29) is 0 Å². The summed E-state index contributed by atoms with van der Waals surface area (Å²) >= 11 is 1.79. The molecule has 0 atom stereocenters. The molecule has 0 saturated carbocycles. The van der Waals surface area contributed by atoms with E-state index in [1.807, 2.05) is 0 Å². The molecular formula is C47H29N3S. The van der Waals surface area contributed by atoms with Crippen LogP contribution in [-0.4, -0.2) is 15.0 Å². The van der Waals surface area contributed by atoms with Crippen molar-refractivity contribution >= 4 is 53.1 Å². The minimum Gasteiger partial charge on any atom is -0.208 e. The average molecular weight is 668 g/mol. The summed E-state index contributed by atoms with van der Waals surface area (Å²) in [4.78, 5) is 15.5. The second kappa shape index (κ2) is 12.1. The molecule has 51 heavy (non-hydrogen) atoms. The van der Waals surface area contributed by atoms with Crippen molar-refractivity contribution in [1.29, 1.82) is 0 Å². The van der Waals surface area contributed by atoms with Gasteiger partial charge >= 0.3 is 0 Å². The number of hydrogen-bond acceptors (Lipinski definition) is 4. The van der Waals surface area contributed by atoms with Crippen LogP contribution < -0.4 is 0 Å². The summed E-state index contributed by atoms with van der Waals surface area (Å²) in [6.45, 7) is 0. The molecule has 2 aromatic heterocycles. The van der Waals surface area contributed by atoms with Crippen LogP contribution in [0.2, 0.25) is 0 Å². The van der Waals surface area contributed by atoms with Crippen LogP contribution in [0.4, 0.5) is 0 Å². The lowest BCUT2D eigenvalue weighted by molar-refractivity contribution is 1.08. The Morgan fingerprint density at radius 3 is 1.78 bits per heavy atom. The number of fused-ring (bicyclic) bond motifs is 5. The monoisotopic (exact) mass is 667 g/mol. The van der Waals surface area contributed by atoms with Crippen molar-refractivity contribution in [1.82, 2.24) is 15.0 Å². The summed E-state index contributed by atoms with van der Waals surface area (Å²) in [5, 5.41) is 7.37. The Labute approximate surface area is 299 Å². The molecule has 0 saturated heterocycles. The Morgan fingerprint density at radius 1 is 0.314 bits per heavy atom. The SMILES string of the molecule is c1cc(-c2nc(-c3ccc(-c4ccc5ccccc5c4)cc3)nc(-c3cccc4c3sc3ccccc34)n2)cc(-c2cccc3ccccc23)c1. The molecule has 0 radical (unpaired) electrons. The van der Waals surface area contributed by atoms with Crippen molar-refractivity contribution in [2.75, 3.05) is 0 Å². The van der Waals surface area contributed by atoms with E-state index in [0.29, 0.717) is 17.5 Å². The molecule has 0 aliphatic heterocycles. The Hall–Kier alpha value is -6.49. The molecule has 0 spiro atoms. The summed E-state index contributed by atoms with van der Waals surface area (Å²) in [5.74, 6) is 1.96. The van der Waals surface area contributed by atoms with Gasteiger partial charge in [0.15, 0.2) is 17.5 Å². The van der Waals surface area contributed by atoms with E-state index in [1.54, 1.807) is 11.3 Å². The molecule has 238 valence electrons. The highest BCUT2D eigenvalue weighted by atomic mass is 32.1. The maximum atomic E-state index is 5.20. The van der Waals surface area contributed by atoms with Gasteiger partial charge in [0, 0.05) is 36.9 Å². The van der Waals surface area contributed by atoms with Gasteiger partial charge in [-0.3, -0.25) is 0 Å². The molecule has 0 fully saturated rings. The van der Waals surface area contributed by atoms with Gasteiger partial charge in [0.1, 0.15) is 0 Å². The maximum Gasteiger partial charge on any atom is 0.165 e. The third-order valence-corrected chi connectivity index (χ3v) is 10.9. The lowest BCUT2D eigenvalue weighted by atomic mass is 9.97. The Balaban J connectivity index is 1.13. The number of rotatable bonds is 5. The molecule has 2 heterocycles. The zero-order valence-corrected chi connectivity index (χ0v) is 28.3. The van der Waals surface area contributed by atoms with Crippen LogP contribution in [0.1, 0.15) is 0 Å². The molecule has 0 bridgehead atoms. The molecule has 0 unspecified atom stereocenters. The number of hydrogen-bond donors (Lipinski definition) is 0. The first-order valence-corrected chi connectivity index (χ1v) is 17.9. The van der Waals surface area contributed by atoms with Crippen molar-refractivity contribution in [3.05, 3.63) is 176 Å². The first kappa shape index (κ1) is 29.4. The highest BCUT2D eigenvalue weighted by Crippen LogP contribution is 2.40. The molecule has 4 heteroatoms. The van der Waals surface area contributed by atoms with Gasteiger partial charge in [-0.1, -0.05) is 152 Å². The van der Waals surface area contributed by atoms with Crippen molar-refractivity contribution in [2.24, 2.45) is 0 Å². The van der Waals surface area contributed by atoms with Crippen LogP contribution in [0.15, 0.2) is 176 Å². The van der Waals surface area contributed by atoms with Gasteiger partial charge in [-0.05, 0) is 68.1 Å². The lowest BCUT2D eigenvalue weighted by Gasteiger charge is -2.11. The smallest absolute Gasteiger partial charge is 0.165 e. The van der Waals surface area contributed by atoms with E-state index in [9.17, 15) is 0 Å². The second-order valence-electron chi connectivity index (χ2n) is 12.8. The van der Waals surface area contributed by atoms with Gasteiger partial charge in [0.2, 0.25) is 0 Å². The van der Waals surface area contributed by atoms with Gasteiger partial charge in [0.25, 0.3) is 0 Å². The molecule has 0 amide bonds. The van der Waals surface area contributed by atoms with Gasteiger partial charge in [0.05, 0.1) is 0 Å². The van der Waals surface area contributed by atoms with Gasteiger partial charge in [-0.15, -0.1) is 11.3 Å². The largest absolute Gasteiger partial charge is 0.208 e. The summed E-state index contributed by atoms with van der Waals surface area (Å²) < 4.78 is 2.43. The maximum absolute atomic E-state index is 5.20. The number of thiophene rings is 1. The fraction of sp³-hybridized carbons (Fsp3) is 0. The third-order valence-electron chi connectivity index (χ3n) is 9.73. The molecule has 10 rings (SSSR count). The summed E-state index contributed by atoms with van der Waals surface area (Å²) in [6, 6.07) is 62.2. The van der Waals surface area contributed by atoms with Crippen molar-refractivity contribution in [3.63, 3.8) is 0 Å². The highest BCUT2D eigenvalue weighted by molar-refractivity contribution is 7.26. The van der Waals surface area contributed by atoms with Crippen LogP contribution in [-0.2, 0) is 0 Å². The van der Waals surface area contributed by atoms with E-state index in [4.69, 9.17) is 15.0 Å². The second-order valence-corrected chi connectivity index (χ2v) is 13.9. The average Bonchev–Trinajstić information content (AvgIpc) is 3.59. The van der Waals surface area contributed by atoms with E-state index in [0.717, 1.165) is 27.8 Å². The van der Waals surface area contributed by atoms with Crippen molar-refractivity contribution in [3.8, 4) is 56.4 Å². The Bertz CT molecular complexity index is 2920. The topological polar surface area (TPSA) is 38.7 Å².